The molecule has 0 amide bonds. The Morgan fingerprint density at radius 2 is 2.07 bits per heavy atom. The van der Waals surface area contributed by atoms with Gasteiger partial charge < -0.3 is 20.4 Å². The maximum atomic E-state index is 14.3. The molecule has 2 heterocycles. The highest BCUT2D eigenvalue weighted by Crippen LogP contribution is 2.27. The molecule has 0 atom stereocenters. The fraction of sp³-hybridized carbons (Fsp3) is 0.150. The Bertz CT molecular complexity index is 1200. The number of pyridine rings is 2. The molecule has 0 fully saturated rings. The fourth-order valence-electron chi connectivity index (χ4n) is 2.88. The second-order valence-electron chi connectivity index (χ2n) is 6.39. The molecule has 0 saturated carbocycles. The van der Waals surface area contributed by atoms with Crippen molar-refractivity contribution in [1.82, 2.24) is 9.55 Å². The monoisotopic (exact) mass is 526 g/mol. The number of benzene rings is 1. The van der Waals surface area contributed by atoms with Crippen molar-refractivity contribution in [3.63, 3.8) is 0 Å². The summed E-state index contributed by atoms with van der Waals surface area (Å²) < 4.78 is 35.2. The number of carbonyl (C=O) groups excluding carboxylic acids is 1. The van der Waals surface area contributed by atoms with Crippen LogP contribution in [0.25, 0.3) is 0 Å². The van der Waals surface area contributed by atoms with Crippen molar-refractivity contribution in [2.45, 2.75) is 13.5 Å². The zero-order valence-electron chi connectivity index (χ0n) is 16.0. The molecule has 3 rings (SSSR count). The number of hydrogen-bond acceptors (Lipinski definition) is 6. The van der Waals surface area contributed by atoms with Gasteiger partial charge in [0.1, 0.15) is 5.82 Å². The van der Waals surface area contributed by atoms with Crippen LogP contribution < -0.4 is 16.6 Å². The van der Waals surface area contributed by atoms with E-state index in [1.54, 1.807) is 6.07 Å². The van der Waals surface area contributed by atoms with Crippen LogP contribution in [0, 0.1) is 22.1 Å². The van der Waals surface area contributed by atoms with Crippen LogP contribution in [0.3, 0.4) is 0 Å². The average molecular weight is 526 g/mol. The number of nitrogen functional groups attached to an aromatic ring is 1. The summed E-state index contributed by atoms with van der Waals surface area (Å²) in [4.78, 5) is 28.9. The molecule has 0 aliphatic heterocycles. The van der Waals surface area contributed by atoms with Crippen molar-refractivity contribution in [2.24, 2.45) is 0 Å². The van der Waals surface area contributed by atoms with Crippen molar-refractivity contribution >= 4 is 45.8 Å². The van der Waals surface area contributed by atoms with Crippen molar-refractivity contribution < 1.29 is 18.3 Å². The molecule has 0 radical (unpaired) electrons. The molecule has 2 aromatic heterocycles. The molecule has 0 spiro atoms. The van der Waals surface area contributed by atoms with Crippen molar-refractivity contribution in [1.29, 1.82) is 0 Å². The van der Waals surface area contributed by atoms with Gasteiger partial charge in [0.25, 0.3) is 5.56 Å². The summed E-state index contributed by atoms with van der Waals surface area (Å²) >= 11 is 1.97. The summed E-state index contributed by atoms with van der Waals surface area (Å²) in [6.45, 7) is 1.30. The number of carbonyl (C=O) groups is 1. The molecule has 1 aromatic carbocycles. The van der Waals surface area contributed by atoms with E-state index in [2.05, 4.69) is 10.3 Å². The Balaban J connectivity index is 2.12. The molecule has 3 N–H and O–H groups in total. The molecule has 30 heavy (non-hydrogen) atoms. The van der Waals surface area contributed by atoms with E-state index in [4.69, 9.17) is 10.5 Å². The molecule has 0 saturated heterocycles. The van der Waals surface area contributed by atoms with Gasteiger partial charge in [-0.15, -0.1) is 0 Å². The number of nitrogens with zero attached hydrogens (tertiary/aromatic N) is 2. The SMILES string of the molecule is COC(=O)c1cn(Cc2ccnc(N)c2F)c(=O)c(C)c1Nc1ccc(I)cc1F. The zero-order valence-corrected chi connectivity index (χ0v) is 18.2. The van der Waals surface area contributed by atoms with Gasteiger partial charge in [-0.3, -0.25) is 4.79 Å². The summed E-state index contributed by atoms with van der Waals surface area (Å²) in [7, 11) is 1.19. The van der Waals surface area contributed by atoms with Gasteiger partial charge in [0, 0.05) is 27.1 Å². The van der Waals surface area contributed by atoms with Gasteiger partial charge in [-0.25, -0.2) is 18.6 Å². The minimum Gasteiger partial charge on any atom is -0.465 e. The smallest absolute Gasteiger partial charge is 0.341 e. The second kappa shape index (κ2) is 8.78. The van der Waals surface area contributed by atoms with Crippen LogP contribution in [0.5, 0.6) is 0 Å². The Morgan fingerprint density at radius 1 is 1.33 bits per heavy atom. The molecular weight excluding hydrogens is 509 g/mol. The third-order valence-corrected chi connectivity index (χ3v) is 5.11. The maximum absolute atomic E-state index is 14.3. The van der Waals surface area contributed by atoms with E-state index in [0.29, 0.717) is 3.57 Å². The van der Waals surface area contributed by atoms with Crippen molar-refractivity contribution in [3.05, 3.63) is 78.9 Å². The number of aromatic nitrogens is 2. The fourth-order valence-corrected chi connectivity index (χ4v) is 3.33. The van der Waals surface area contributed by atoms with Gasteiger partial charge in [-0.05, 0) is 53.8 Å². The predicted octanol–water partition coefficient (Wildman–Crippen LogP) is 3.60. The van der Waals surface area contributed by atoms with Gasteiger partial charge in [0.2, 0.25) is 0 Å². The van der Waals surface area contributed by atoms with E-state index in [-0.39, 0.29) is 40.4 Å². The minimum absolute atomic E-state index is 0.00464. The lowest BCUT2D eigenvalue weighted by molar-refractivity contribution is 0.0600. The third kappa shape index (κ3) is 4.27. The Labute approximate surface area is 184 Å². The Morgan fingerprint density at radius 3 is 2.73 bits per heavy atom. The summed E-state index contributed by atoms with van der Waals surface area (Å²) in [5.41, 5.74) is 5.45. The van der Waals surface area contributed by atoms with Crippen LogP contribution in [0.1, 0.15) is 21.5 Å². The standard InChI is InChI=1S/C20H17F2IN4O3/c1-10-17(26-15-4-3-12(23)7-14(15)21)13(20(29)30-2)9-27(19(10)28)8-11-5-6-25-18(24)16(11)22/h3-7,9,26H,8H2,1-2H3,(H2,24,25). The van der Waals surface area contributed by atoms with Gasteiger partial charge in [-0.2, -0.15) is 0 Å². The van der Waals surface area contributed by atoms with Gasteiger partial charge >= 0.3 is 5.97 Å². The molecule has 7 nitrogen and oxygen atoms in total. The van der Waals surface area contributed by atoms with Gasteiger partial charge in [-0.1, -0.05) is 0 Å². The first-order valence-electron chi connectivity index (χ1n) is 8.66. The van der Waals surface area contributed by atoms with Gasteiger partial charge in [0.15, 0.2) is 11.6 Å². The normalized spacial score (nSPS) is 10.7. The van der Waals surface area contributed by atoms with E-state index in [1.165, 1.54) is 44.6 Å². The molecule has 3 aromatic rings. The Hall–Kier alpha value is -3.02. The average Bonchev–Trinajstić information content (AvgIpc) is 2.71. The van der Waals surface area contributed by atoms with Crippen LogP contribution in [0.2, 0.25) is 0 Å². The van der Waals surface area contributed by atoms with Crippen LogP contribution in [-0.2, 0) is 11.3 Å². The number of nitrogens with two attached hydrogens (primary N) is 1. The number of halogens is 3. The molecule has 10 heteroatoms. The van der Waals surface area contributed by atoms with E-state index in [9.17, 15) is 18.4 Å². The van der Waals surface area contributed by atoms with E-state index in [1.807, 2.05) is 22.6 Å². The molecule has 0 aliphatic rings. The number of rotatable bonds is 5. The summed E-state index contributed by atoms with van der Waals surface area (Å²) in [6, 6.07) is 5.88. The van der Waals surface area contributed by atoms with Crippen molar-refractivity contribution in [3.8, 4) is 0 Å². The van der Waals surface area contributed by atoms with Gasteiger partial charge in [0.05, 0.1) is 30.6 Å². The highest BCUT2D eigenvalue weighted by atomic mass is 127. The summed E-state index contributed by atoms with van der Waals surface area (Å²) in [5, 5.41) is 2.81. The lowest BCUT2D eigenvalue weighted by atomic mass is 10.1. The number of methoxy groups -OCH3 is 1. The largest absolute Gasteiger partial charge is 0.465 e. The highest BCUT2D eigenvalue weighted by Gasteiger charge is 2.21. The first-order chi connectivity index (χ1) is 14.2. The van der Waals surface area contributed by atoms with Crippen molar-refractivity contribution in [2.75, 3.05) is 18.2 Å². The topological polar surface area (TPSA) is 99.2 Å². The van der Waals surface area contributed by atoms with Crippen LogP contribution in [0.4, 0.5) is 26.0 Å². The van der Waals surface area contributed by atoms with Crippen LogP contribution >= 0.6 is 22.6 Å². The van der Waals surface area contributed by atoms with E-state index in [0.717, 1.165) is 4.57 Å². The Kier molecular flexibility index (Phi) is 6.34. The number of anilines is 3. The molecule has 0 bridgehead atoms. The number of nitrogens with one attached hydrogen (secondary N) is 1. The first kappa shape index (κ1) is 21.7. The molecular formula is C20H17F2IN4O3. The maximum Gasteiger partial charge on any atom is 0.341 e. The number of esters is 1. The van der Waals surface area contributed by atoms with E-state index >= 15 is 0 Å². The molecule has 156 valence electrons. The predicted molar refractivity (Wildman–Crippen MR) is 117 cm³/mol. The molecule has 0 unspecified atom stereocenters. The second-order valence-corrected chi connectivity index (χ2v) is 7.63. The highest BCUT2D eigenvalue weighted by molar-refractivity contribution is 14.1. The quantitative estimate of drug-likeness (QED) is 0.390. The number of hydrogen-bond donors (Lipinski definition) is 2. The number of ether oxygens (including phenoxy) is 1. The third-order valence-electron chi connectivity index (χ3n) is 4.44. The summed E-state index contributed by atoms with van der Waals surface area (Å²) in [5.74, 6) is -2.33. The lowest BCUT2D eigenvalue weighted by Gasteiger charge is -2.17. The lowest BCUT2D eigenvalue weighted by Crippen LogP contribution is -2.26. The first-order valence-corrected chi connectivity index (χ1v) is 9.74. The van der Waals surface area contributed by atoms with E-state index < -0.39 is 23.2 Å². The molecule has 0 aliphatic carbocycles. The zero-order chi connectivity index (χ0) is 22.0. The van der Waals surface area contributed by atoms with Crippen LogP contribution in [0.15, 0.2) is 41.5 Å². The minimum atomic E-state index is -0.746. The van der Waals surface area contributed by atoms with Crippen LogP contribution in [-0.4, -0.2) is 22.6 Å². The summed E-state index contributed by atoms with van der Waals surface area (Å²) in [6.07, 6.45) is 2.56.